The summed E-state index contributed by atoms with van der Waals surface area (Å²) >= 11 is 6.50. The maximum absolute atomic E-state index is 13.6. The molecule has 0 radical (unpaired) electrons. The van der Waals surface area contributed by atoms with Crippen LogP contribution in [0.1, 0.15) is 99.5 Å². The Hall–Kier alpha value is -2.63. The van der Waals surface area contributed by atoms with Crippen LogP contribution in [0.5, 0.6) is 5.75 Å². The lowest BCUT2D eigenvalue weighted by Crippen LogP contribution is -2.57. The number of hydrogen-bond donors (Lipinski definition) is 2. The molecule has 6 atom stereocenters. The van der Waals surface area contributed by atoms with E-state index < -0.39 is 26.8 Å². The van der Waals surface area contributed by atoms with Crippen LogP contribution in [0.2, 0.25) is 5.02 Å². The molecule has 0 unspecified atom stereocenters. The smallest absolute Gasteiger partial charge is 0.264 e. The van der Waals surface area contributed by atoms with E-state index in [2.05, 4.69) is 51.0 Å². The quantitative estimate of drug-likeness (QED) is 0.298. The summed E-state index contributed by atoms with van der Waals surface area (Å²) in [5.74, 6) is 0.543. The average molecular weight is 769 g/mol. The second-order valence-corrected chi connectivity index (χ2v) is 18.5. The van der Waals surface area contributed by atoms with Crippen molar-refractivity contribution in [2.75, 3.05) is 64.4 Å². The van der Waals surface area contributed by atoms with Crippen molar-refractivity contribution in [2.24, 2.45) is 17.8 Å². The number of sulfonamides is 1. The molecule has 1 saturated heterocycles. The van der Waals surface area contributed by atoms with Crippen LogP contribution in [0.25, 0.3) is 0 Å². The van der Waals surface area contributed by atoms with E-state index in [9.17, 15) is 13.2 Å². The zero-order chi connectivity index (χ0) is 37.6. The summed E-state index contributed by atoms with van der Waals surface area (Å²) in [6.07, 6.45) is 13.9. The number of methoxy groups -OCH3 is 1. The van der Waals surface area contributed by atoms with Gasteiger partial charge in [0.1, 0.15) is 11.4 Å². The number of carbonyl (C=O) groups excluding carboxylic acids is 1. The molecule has 1 aliphatic carbocycles. The molecular weight excluding hydrogens is 708 g/mol. The second kappa shape index (κ2) is 17.9. The Morgan fingerprint density at radius 1 is 1.02 bits per heavy atom. The topological polar surface area (TPSA) is 100 Å². The first-order valence-corrected chi connectivity index (χ1v) is 22.0. The monoisotopic (exact) mass is 768 g/mol. The van der Waals surface area contributed by atoms with Gasteiger partial charge >= 0.3 is 0 Å². The Morgan fingerprint density at radius 3 is 2.62 bits per heavy atom. The van der Waals surface area contributed by atoms with Gasteiger partial charge in [0.2, 0.25) is 10.0 Å². The second-order valence-electron chi connectivity index (χ2n) is 16.0. The molecule has 3 aliphatic heterocycles. The van der Waals surface area contributed by atoms with Crippen molar-refractivity contribution < 1.29 is 22.7 Å². The molecule has 1 saturated carbocycles. The van der Waals surface area contributed by atoms with Gasteiger partial charge in [-0.15, -0.1) is 0 Å². The third-order valence-corrected chi connectivity index (χ3v) is 14.6. The zero-order valence-corrected chi connectivity index (χ0v) is 33.8. The predicted molar refractivity (Wildman–Crippen MR) is 215 cm³/mol. The molecule has 6 rings (SSSR count). The van der Waals surface area contributed by atoms with Gasteiger partial charge in [0.15, 0.2) is 0 Å². The fourth-order valence-electron chi connectivity index (χ4n) is 8.93. The van der Waals surface area contributed by atoms with Crippen molar-refractivity contribution in [2.45, 2.75) is 95.3 Å². The number of carbonyl (C=O) groups is 1. The lowest BCUT2D eigenvalue weighted by atomic mass is 9.63. The van der Waals surface area contributed by atoms with E-state index in [0.29, 0.717) is 36.8 Å². The molecule has 2 aromatic rings. The molecule has 2 bridgehead atoms. The summed E-state index contributed by atoms with van der Waals surface area (Å²) in [5.41, 5.74) is 3.07. The van der Waals surface area contributed by atoms with E-state index in [-0.39, 0.29) is 17.8 Å². The van der Waals surface area contributed by atoms with Crippen molar-refractivity contribution in [3.8, 4) is 5.75 Å². The van der Waals surface area contributed by atoms with Crippen molar-refractivity contribution in [3.05, 3.63) is 70.3 Å². The molecule has 9 nitrogen and oxygen atoms in total. The number of hydrogen-bond acceptors (Lipinski definition) is 8. The third-order valence-electron chi connectivity index (χ3n) is 12.5. The normalized spacial score (nSPS) is 30.8. The number of nitrogens with one attached hydrogen (secondary N) is 2. The number of ether oxygens (including phenoxy) is 2. The number of benzene rings is 2. The number of allylic oxidation sites excluding steroid dienone is 1. The highest BCUT2D eigenvalue weighted by Crippen LogP contribution is 2.47. The van der Waals surface area contributed by atoms with E-state index in [1.807, 2.05) is 32.2 Å². The first kappa shape index (κ1) is 40.0. The Kier molecular flexibility index (Phi) is 13.5. The standard InChI is InChI=1S/C42H61ClN4O5S/c1-5-11-32-24-36(43)15-16-37(32)35-27-47-26-34-13-17-38(34)42(51-4,29-46-22-9-7-6-8-20-44-21-23-46)19-10-12-30(2)31(3)53(49,50)45-41(48)33-14-18-40(52-28-35)39(47)25-33/h10,14-16,18-19,24-25,30-31,34-35,38,44H,5-9,11-13,17,20-23,26-29H2,1-4H3,(H,45,48)/b19-10+/t30-,31+,34-,35-,38+,42+/m0/s1. The number of rotatable bonds is 6. The predicted octanol–water partition coefficient (Wildman–Crippen LogP) is 7.20. The van der Waals surface area contributed by atoms with E-state index in [4.69, 9.17) is 21.1 Å². The van der Waals surface area contributed by atoms with Gasteiger partial charge in [0.05, 0.1) is 17.5 Å². The van der Waals surface area contributed by atoms with Gasteiger partial charge < -0.3 is 19.7 Å². The number of anilines is 1. The summed E-state index contributed by atoms with van der Waals surface area (Å²) in [5, 5.41) is 3.60. The molecule has 53 heavy (non-hydrogen) atoms. The SMILES string of the molecule is CCCc1cc(Cl)ccc1[C@@H]1COc2ccc3cc2N(C1)C[C@@H]1CC[C@H]1[C@@](CN1CCCCCCNCC1)(OC)/C=C/C[C@H](C)[C@@H](C)S(=O)(=O)NC3=O. The Morgan fingerprint density at radius 2 is 1.85 bits per heavy atom. The maximum Gasteiger partial charge on any atom is 0.264 e. The van der Waals surface area contributed by atoms with Gasteiger partial charge in [-0.1, -0.05) is 62.9 Å². The Balaban J connectivity index is 1.40. The lowest BCUT2D eigenvalue weighted by molar-refractivity contribution is -0.0915. The number of halogens is 1. The minimum Gasteiger partial charge on any atom is -0.491 e. The highest BCUT2D eigenvalue weighted by atomic mass is 35.5. The molecule has 2 N–H and O–H groups in total. The van der Waals surface area contributed by atoms with E-state index >= 15 is 0 Å². The molecule has 4 aliphatic rings. The Labute approximate surface area is 323 Å². The van der Waals surface area contributed by atoms with Crippen LogP contribution in [-0.4, -0.2) is 89.6 Å². The molecule has 0 spiro atoms. The Bertz CT molecular complexity index is 1690. The molecule has 0 aromatic heterocycles. The molecule has 1 amide bonds. The summed E-state index contributed by atoms with van der Waals surface area (Å²) < 4.78 is 42.9. The van der Waals surface area contributed by atoms with E-state index in [1.165, 1.54) is 36.8 Å². The van der Waals surface area contributed by atoms with Crippen LogP contribution in [0.3, 0.4) is 0 Å². The molecule has 11 heteroatoms. The minimum atomic E-state index is -3.95. The zero-order valence-electron chi connectivity index (χ0n) is 32.2. The van der Waals surface area contributed by atoms with Crippen LogP contribution in [-0.2, 0) is 21.2 Å². The molecule has 2 fully saturated rings. The molecule has 2 aromatic carbocycles. The summed E-state index contributed by atoms with van der Waals surface area (Å²) in [6, 6.07) is 11.5. The van der Waals surface area contributed by atoms with Gasteiger partial charge in [0, 0.05) is 56.3 Å². The average Bonchev–Trinajstić information content (AvgIpc) is 3.30. The first-order valence-electron chi connectivity index (χ1n) is 20.1. The lowest BCUT2D eigenvalue weighted by Gasteiger charge is -2.51. The van der Waals surface area contributed by atoms with Crippen molar-refractivity contribution in [1.29, 1.82) is 0 Å². The van der Waals surface area contributed by atoms with Crippen LogP contribution in [0.4, 0.5) is 5.69 Å². The molecular formula is C42H61ClN4O5S. The van der Waals surface area contributed by atoms with Crippen LogP contribution >= 0.6 is 11.6 Å². The number of fused-ring (bicyclic) bond motifs is 2. The van der Waals surface area contributed by atoms with Gasteiger partial charge in [0.25, 0.3) is 5.91 Å². The number of amides is 1. The van der Waals surface area contributed by atoms with Crippen LogP contribution in [0.15, 0.2) is 48.6 Å². The first-order chi connectivity index (χ1) is 25.5. The fraction of sp³-hybridized carbons (Fsp3) is 0.643. The number of nitrogens with zero attached hydrogens (tertiary/aromatic N) is 2. The van der Waals surface area contributed by atoms with Crippen molar-refractivity contribution in [1.82, 2.24) is 14.9 Å². The largest absolute Gasteiger partial charge is 0.491 e. The number of aryl methyl sites for hydroxylation is 1. The third kappa shape index (κ3) is 9.43. The van der Waals surface area contributed by atoms with Gasteiger partial charge in [-0.2, -0.15) is 0 Å². The van der Waals surface area contributed by atoms with Crippen LogP contribution in [0, 0.1) is 17.8 Å². The van der Waals surface area contributed by atoms with Crippen molar-refractivity contribution in [3.63, 3.8) is 0 Å². The molecule has 3 heterocycles. The summed E-state index contributed by atoms with van der Waals surface area (Å²) in [6.45, 7) is 12.6. The van der Waals surface area contributed by atoms with E-state index in [1.54, 1.807) is 13.0 Å². The molecule has 292 valence electrons. The summed E-state index contributed by atoms with van der Waals surface area (Å²) in [7, 11) is -2.09. The van der Waals surface area contributed by atoms with Gasteiger partial charge in [-0.25, -0.2) is 13.1 Å². The highest BCUT2D eigenvalue weighted by molar-refractivity contribution is 7.90. The van der Waals surface area contributed by atoms with Gasteiger partial charge in [-0.3, -0.25) is 9.69 Å². The highest BCUT2D eigenvalue weighted by Gasteiger charge is 2.48. The van der Waals surface area contributed by atoms with Gasteiger partial charge in [-0.05, 0) is 118 Å². The summed E-state index contributed by atoms with van der Waals surface area (Å²) in [4.78, 5) is 18.6. The van der Waals surface area contributed by atoms with Crippen LogP contribution < -0.4 is 19.7 Å². The fourth-order valence-corrected chi connectivity index (χ4v) is 10.4. The van der Waals surface area contributed by atoms with E-state index in [0.717, 1.165) is 75.7 Å². The maximum atomic E-state index is 13.6. The van der Waals surface area contributed by atoms with Crippen molar-refractivity contribution >= 4 is 33.2 Å². The minimum absolute atomic E-state index is 0.0685.